The lowest BCUT2D eigenvalue weighted by molar-refractivity contribution is -0.151. The minimum absolute atomic E-state index is 0.0434. The van der Waals surface area contributed by atoms with Crippen LogP contribution in [0.25, 0.3) is 0 Å². The van der Waals surface area contributed by atoms with Crippen LogP contribution in [0.1, 0.15) is 39.0 Å². The lowest BCUT2D eigenvalue weighted by Crippen LogP contribution is -2.51. The number of rotatable bonds is 3. The Morgan fingerprint density at radius 2 is 2.11 bits per heavy atom. The van der Waals surface area contributed by atoms with Crippen molar-refractivity contribution in [2.24, 2.45) is 0 Å². The van der Waals surface area contributed by atoms with Crippen LogP contribution in [-0.4, -0.2) is 49.5 Å². The van der Waals surface area contributed by atoms with E-state index in [4.69, 9.17) is 14.7 Å². The van der Waals surface area contributed by atoms with Gasteiger partial charge >= 0.3 is 0 Å². The van der Waals surface area contributed by atoms with Gasteiger partial charge in [0.05, 0.1) is 18.1 Å². The fourth-order valence-corrected chi connectivity index (χ4v) is 3.08. The molecule has 0 saturated carbocycles. The fraction of sp³-hybridized carbons (Fsp3) is 0.929. The molecule has 0 aromatic rings. The molecule has 102 valence electrons. The van der Waals surface area contributed by atoms with Crippen LogP contribution in [0.5, 0.6) is 0 Å². The first-order valence-electron chi connectivity index (χ1n) is 6.97. The Morgan fingerprint density at radius 1 is 1.39 bits per heavy atom. The van der Waals surface area contributed by atoms with Crippen LogP contribution in [0.2, 0.25) is 0 Å². The second kappa shape index (κ2) is 6.01. The third-order valence-electron chi connectivity index (χ3n) is 4.53. The van der Waals surface area contributed by atoms with Crippen molar-refractivity contribution in [3.63, 3.8) is 0 Å². The molecule has 2 aliphatic rings. The van der Waals surface area contributed by atoms with Crippen molar-refractivity contribution in [2.75, 3.05) is 26.9 Å². The molecular weight excluding hydrogens is 228 g/mol. The summed E-state index contributed by atoms with van der Waals surface area (Å²) >= 11 is 0. The highest BCUT2D eigenvalue weighted by atomic mass is 16.5. The van der Waals surface area contributed by atoms with Gasteiger partial charge in [-0.15, -0.1) is 0 Å². The van der Waals surface area contributed by atoms with E-state index in [9.17, 15) is 0 Å². The average molecular weight is 252 g/mol. The van der Waals surface area contributed by atoms with Gasteiger partial charge in [0, 0.05) is 31.9 Å². The van der Waals surface area contributed by atoms with Crippen LogP contribution in [0.3, 0.4) is 0 Å². The van der Waals surface area contributed by atoms with E-state index in [1.165, 1.54) is 0 Å². The molecule has 1 spiro atoms. The van der Waals surface area contributed by atoms with Crippen molar-refractivity contribution in [3.05, 3.63) is 0 Å². The Bertz CT molecular complexity index is 302. The van der Waals surface area contributed by atoms with E-state index in [1.807, 2.05) is 0 Å². The maximum atomic E-state index is 8.81. The van der Waals surface area contributed by atoms with Gasteiger partial charge in [-0.3, -0.25) is 4.90 Å². The zero-order chi connectivity index (χ0) is 13.0. The molecule has 2 heterocycles. The van der Waals surface area contributed by atoms with Gasteiger partial charge in [-0.05, 0) is 39.7 Å². The van der Waals surface area contributed by atoms with E-state index in [0.29, 0.717) is 18.5 Å². The van der Waals surface area contributed by atoms with E-state index in [0.717, 1.165) is 45.5 Å². The molecule has 2 unspecified atom stereocenters. The molecule has 4 nitrogen and oxygen atoms in total. The van der Waals surface area contributed by atoms with Crippen molar-refractivity contribution in [2.45, 2.75) is 56.7 Å². The first-order valence-corrected chi connectivity index (χ1v) is 6.97. The minimum atomic E-state index is 0.0434. The second-order valence-electron chi connectivity index (χ2n) is 5.67. The summed E-state index contributed by atoms with van der Waals surface area (Å²) in [7, 11) is 2.14. The van der Waals surface area contributed by atoms with E-state index in [2.05, 4.69) is 24.9 Å². The van der Waals surface area contributed by atoms with Crippen molar-refractivity contribution in [1.29, 1.82) is 5.26 Å². The zero-order valence-corrected chi connectivity index (χ0v) is 11.5. The van der Waals surface area contributed by atoms with Gasteiger partial charge in [-0.1, -0.05) is 0 Å². The minimum Gasteiger partial charge on any atom is -0.381 e. The predicted molar refractivity (Wildman–Crippen MR) is 69.2 cm³/mol. The quantitative estimate of drug-likeness (QED) is 0.770. The van der Waals surface area contributed by atoms with Crippen molar-refractivity contribution >= 4 is 0 Å². The Labute approximate surface area is 110 Å². The summed E-state index contributed by atoms with van der Waals surface area (Å²) in [5.41, 5.74) is 0.0434. The highest BCUT2D eigenvalue weighted by Gasteiger charge is 2.40. The van der Waals surface area contributed by atoms with Gasteiger partial charge in [0.2, 0.25) is 0 Å². The van der Waals surface area contributed by atoms with Gasteiger partial charge in [0.25, 0.3) is 0 Å². The third kappa shape index (κ3) is 3.03. The molecular formula is C14H24N2O2. The van der Waals surface area contributed by atoms with Gasteiger partial charge in [0.15, 0.2) is 0 Å². The molecule has 0 aromatic heterocycles. The standard InChI is InChI=1S/C14H24N2O2/c1-12(3-7-15)16(2)13-4-8-18-14(11-13)5-9-17-10-6-14/h12-13H,3-6,8-11H2,1-2H3. The molecule has 2 fully saturated rings. The summed E-state index contributed by atoms with van der Waals surface area (Å²) in [6.07, 6.45) is 4.80. The summed E-state index contributed by atoms with van der Waals surface area (Å²) in [5, 5.41) is 8.81. The summed E-state index contributed by atoms with van der Waals surface area (Å²) in [4.78, 5) is 2.36. The smallest absolute Gasteiger partial charge is 0.0741 e. The molecule has 0 amide bonds. The van der Waals surface area contributed by atoms with Crippen LogP contribution in [0, 0.1) is 11.3 Å². The number of hydrogen-bond donors (Lipinski definition) is 0. The molecule has 0 N–H and O–H groups in total. The highest BCUT2D eigenvalue weighted by molar-refractivity contribution is 4.93. The Hall–Kier alpha value is -0.630. The summed E-state index contributed by atoms with van der Waals surface area (Å²) in [6.45, 7) is 4.62. The molecule has 0 aromatic carbocycles. The SMILES string of the molecule is CC(CC#N)N(C)C1CCOC2(CCOCC2)C1. The molecule has 2 saturated heterocycles. The zero-order valence-electron chi connectivity index (χ0n) is 11.5. The van der Waals surface area contributed by atoms with Gasteiger partial charge in [-0.2, -0.15) is 5.26 Å². The fourth-order valence-electron chi connectivity index (χ4n) is 3.08. The van der Waals surface area contributed by atoms with Crippen LogP contribution >= 0.6 is 0 Å². The largest absolute Gasteiger partial charge is 0.381 e. The van der Waals surface area contributed by atoms with Crippen LogP contribution in [-0.2, 0) is 9.47 Å². The van der Waals surface area contributed by atoms with Gasteiger partial charge in [-0.25, -0.2) is 0 Å². The second-order valence-corrected chi connectivity index (χ2v) is 5.67. The molecule has 2 aliphatic heterocycles. The Balaban J connectivity index is 1.95. The molecule has 18 heavy (non-hydrogen) atoms. The topological polar surface area (TPSA) is 45.5 Å². The summed E-state index contributed by atoms with van der Waals surface area (Å²) < 4.78 is 11.5. The lowest BCUT2D eigenvalue weighted by atomic mass is 9.83. The Morgan fingerprint density at radius 3 is 2.78 bits per heavy atom. The van der Waals surface area contributed by atoms with E-state index in [1.54, 1.807) is 0 Å². The van der Waals surface area contributed by atoms with Crippen molar-refractivity contribution in [3.8, 4) is 6.07 Å². The number of hydrogen-bond acceptors (Lipinski definition) is 4. The first kappa shape index (κ1) is 13.8. The highest BCUT2D eigenvalue weighted by Crippen LogP contribution is 2.36. The van der Waals surface area contributed by atoms with Crippen molar-refractivity contribution < 1.29 is 9.47 Å². The molecule has 0 bridgehead atoms. The molecule has 0 radical (unpaired) electrons. The van der Waals surface area contributed by atoms with Crippen LogP contribution < -0.4 is 0 Å². The summed E-state index contributed by atoms with van der Waals surface area (Å²) in [5.74, 6) is 0. The summed E-state index contributed by atoms with van der Waals surface area (Å²) in [6, 6.07) is 3.14. The maximum absolute atomic E-state index is 8.81. The number of ether oxygens (including phenoxy) is 2. The molecule has 0 aliphatic carbocycles. The molecule has 4 heteroatoms. The van der Waals surface area contributed by atoms with Crippen molar-refractivity contribution in [1.82, 2.24) is 4.90 Å². The Kier molecular flexibility index (Phi) is 4.60. The maximum Gasteiger partial charge on any atom is 0.0741 e. The van der Waals surface area contributed by atoms with Gasteiger partial charge < -0.3 is 9.47 Å². The van der Waals surface area contributed by atoms with Crippen LogP contribution in [0.15, 0.2) is 0 Å². The van der Waals surface area contributed by atoms with Crippen LogP contribution in [0.4, 0.5) is 0 Å². The normalized spacial score (nSPS) is 29.1. The van der Waals surface area contributed by atoms with E-state index < -0.39 is 0 Å². The van der Waals surface area contributed by atoms with Gasteiger partial charge in [0.1, 0.15) is 0 Å². The number of nitriles is 1. The molecule has 2 rings (SSSR count). The molecule has 2 atom stereocenters. The predicted octanol–water partition coefficient (Wildman–Crippen LogP) is 1.95. The van der Waals surface area contributed by atoms with E-state index >= 15 is 0 Å². The monoisotopic (exact) mass is 252 g/mol. The lowest BCUT2D eigenvalue weighted by Gasteiger charge is -2.46. The first-order chi connectivity index (χ1) is 8.67. The van der Waals surface area contributed by atoms with E-state index in [-0.39, 0.29) is 5.60 Å². The third-order valence-corrected chi connectivity index (χ3v) is 4.53. The number of nitrogens with zero attached hydrogens (tertiary/aromatic N) is 2. The average Bonchev–Trinajstić information content (AvgIpc) is 2.39.